The molecule has 7 nitrogen and oxygen atoms in total. The number of benzene rings is 1. The topological polar surface area (TPSA) is 92.5 Å². The number of aryl methyl sites for hydroxylation is 1. The van der Waals surface area contributed by atoms with E-state index in [-0.39, 0.29) is 23.9 Å². The number of furan rings is 1. The summed E-state index contributed by atoms with van der Waals surface area (Å²) in [4.78, 5) is 16.8. The zero-order valence-electron chi connectivity index (χ0n) is 16.1. The highest BCUT2D eigenvalue weighted by Crippen LogP contribution is 2.19. The third-order valence-corrected chi connectivity index (χ3v) is 6.13. The van der Waals surface area contributed by atoms with Gasteiger partial charge in [-0.25, -0.2) is 8.42 Å². The van der Waals surface area contributed by atoms with Crippen LogP contribution in [0.3, 0.4) is 0 Å². The molecular formula is C21H23N3O4S. The normalized spacial score (nSPS) is 11.5. The van der Waals surface area contributed by atoms with Gasteiger partial charge in [-0.3, -0.25) is 9.78 Å². The van der Waals surface area contributed by atoms with Gasteiger partial charge in [0.2, 0.25) is 15.9 Å². The lowest BCUT2D eigenvalue weighted by molar-refractivity contribution is -0.121. The maximum Gasteiger partial charge on any atom is 0.243 e. The van der Waals surface area contributed by atoms with E-state index in [1.165, 1.54) is 6.26 Å². The molecule has 0 atom stereocenters. The number of rotatable bonds is 9. The molecule has 1 amide bonds. The molecule has 0 saturated carbocycles. The van der Waals surface area contributed by atoms with Crippen LogP contribution in [0.5, 0.6) is 0 Å². The van der Waals surface area contributed by atoms with Crippen molar-refractivity contribution in [1.29, 1.82) is 0 Å². The number of nitrogens with zero attached hydrogens (tertiary/aromatic N) is 2. The molecule has 152 valence electrons. The number of amides is 1. The van der Waals surface area contributed by atoms with Gasteiger partial charge in [0.15, 0.2) is 0 Å². The van der Waals surface area contributed by atoms with Crippen LogP contribution in [-0.2, 0) is 27.8 Å². The predicted octanol–water partition coefficient (Wildman–Crippen LogP) is 2.53. The number of carbonyl (C=O) groups is 1. The first-order valence-corrected chi connectivity index (χ1v) is 10.6. The second-order valence-electron chi connectivity index (χ2n) is 6.59. The SMILES string of the molecule is Cc1ccc(S(=O)(=O)N(CC(=O)NCCc2ccccn2)Cc2ccco2)cc1. The first-order valence-electron chi connectivity index (χ1n) is 9.21. The molecular weight excluding hydrogens is 390 g/mol. The Bertz CT molecular complexity index is 1020. The molecule has 1 N–H and O–H groups in total. The van der Waals surface area contributed by atoms with Gasteiger partial charge in [0, 0.05) is 24.9 Å². The zero-order chi connectivity index (χ0) is 20.7. The van der Waals surface area contributed by atoms with Gasteiger partial charge in [0.05, 0.1) is 24.2 Å². The van der Waals surface area contributed by atoms with Crippen LogP contribution >= 0.6 is 0 Å². The Kier molecular flexibility index (Phi) is 6.79. The summed E-state index contributed by atoms with van der Waals surface area (Å²) in [7, 11) is -3.87. The van der Waals surface area contributed by atoms with Gasteiger partial charge < -0.3 is 9.73 Å². The molecule has 1 aromatic carbocycles. The molecule has 2 heterocycles. The standard InChI is InChI=1S/C21H23N3O4S/c1-17-7-9-20(10-8-17)29(26,27)24(15-19-6-4-14-28-19)16-21(25)23-13-11-18-5-2-3-12-22-18/h2-10,12,14H,11,13,15-16H2,1H3,(H,23,25). The Hall–Kier alpha value is -2.97. The predicted molar refractivity (Wildman–Crippen MR) is 108 cm³/mol. The third kappa shape index (κ3) is 5.75. The third-order valence-electron chi connectivity index (χ3n) is 4.32. The van der Waals surface area contributed by atoms with Crippen LogP contribution in [0.2, 0.25) is 0 Å². The number of sulfonamides is 1. The summed E-state index contributed by atoms with van der Waals surface area (Å²) in [6, 6.07) is 15.5. The van der Waals surface area contributed by atoms with Crippen LogP contribution in [0, 0.1) is 6.92 Å². The van der Waals surface area contributed by atoms with Crippen molar-refractivity contribution in [2.75, 3.05) is 13.1 Å². The van der Waals surface area contributed by atoms with Crippen molar-refractivity contribution < 1.29 is 17.6 Å². The molecule has 0 spiro atoms. The highest BCUT2D eigenvalue weighted by molar-refractivity contribution is 7.89. The van der Waals surface area contributed by atoms with Gasteiger partial charge >= 0.3 is 0 Å². The molecule has 0 aliphatic heterocycles. The van der Waals surface area contributed by atoms with E-state index >= 15 is 0 Å². The van der Waals surface area contributed by atoms with Crippen molar-refractivity contribution in [2.24, 2.45) is 0 Å². The summed E-state index contributed by atoms with van der Waals surface area (Å²) < 4.78 is 32.6. The average Bonchev–Trinajstić information content (AvgIpc) is 3.22. The smallest absolute Gasteiger partial charge is 0.243 e. The van der Waals surface area contributed by atoms with Crippen LogP contribution in [0.15, 0.2) is 76.4 Å². The summed E-state index contributed by atoms with van der Waals surface area (Å²) in [5.41, 5.74) is 1.81. The molecule has 3 rings (SSSR count). The Morgan fingerprint density at radius 3 is 2.55 bits per heavy atom. The van der Waals surface area contributed by atoms with Gasteiger partial charge in [-0.1, -0.05) is 23.8 Å². The van der Waals surface area contributed by atoms with Gasteiger partial charge in [0.25, 0.3) is 0 Å². The van der Waals surface area contributed by atoms with Crippen molar-refractivity contribution >= 4 is 15.9 Å². The molecule has 2 aromatic heterocycles. The van der Waals surface area contributed by atoms with Crippen LogP contribution in [-0.4, -0.2) is 36.7 Å². The highest BCUT2D eigenvalue weighted by Gasteiger charge is 2.27. The van der Waals surface area contributed by atoms with Gasteiger partial charge in [-0.15, -0.1) is 0 Å². The molecule has 8 heteroatoms. The number of pyridine rings is 1. The van der Waals surface area contributed by atoms with Gasteiger partial charge in [0.1, 0.15) is 5.76 Å². The fourth-order valence-electron chi connectivity index (χ4n) is 2.75. The van der Waals surface area contributed by atoms with Crippen LogP contribution < -0.4 is 5.32 Å². The van der Waals surface area contributed by atoms with Crippen molar-refractivity contribution in [3.8, 4) is 0 Å². The summed E-state index contributed by atoms with van der Waals surface area (Å²) in [5, 5.41) is 2.76. The fraction of sp³-hybridized carbons (Fsp3) is 0.238. The lowest BCUT2D eigenvalue weighted by atomic mass is 10.2. The number of nitrogens with one attached hydrogen (secondary N) is 1. The van der Waals surface area contributed by atoms with Crippen molar-refractivity contribution in [1.82, 2.24) is 14.6 Å². The fourth-order valence-corrected chi connectivity index (χ4v) is 4.12. The summed E-state index contributed by atoms with van der Waals surface area (Å²) >= 11 is 0. The molecule has 0 saturated heterocycles. The van der Waals surface area contributed by atoms with Crippen LogP contribution in [0.1, 0.15) is 17.0 Å². The monoisotopic (exact) mass is 413 g/mol. The van der Waals surface area contributed by atoms with Crippen molar-refractivity contribution in [2.45, 2.75) is 24.8 Å². The first-order chi connectivity index (χ1) is 13.9. The van der Waals surface area contributed by atoms with E-state index in [9.17, 15) is 13.2 Å². The molecule has 0 aliphatic rings. The number of carbonyl (C=O) groups excluding carboxylic acids is 1. The minimum Gasteiger partial charge on any atom is -0.468 e. The summed E-state index contributed by atoms with van der Waals surface area (Å²) in [6.45, 7) is 1.91. The molecule has 0 fully saturated rings. The number of hydrogen-bond acceptors (Lipinski definition) is 5. The lowest BCUT2D eigenvalue weighted by Crippen LogP contribution is -2.40. The number of aromatic nitrogens is 1. The highest BCUT2D eigenvalue weighted by atomic mass is 32.2. The molecule has 3 aromatic rings. The first kappa shape index (κ1) is 20.8. The van der Waals surface area contributed by atoms with E-state index in [0.29, 0.717) is 18.7 Å². The Balaban J connectivity index is 1.69. The zero-order valence-corrected chi connectivity index (χ0v) is 16.9. The lowest BCUT2D eigenvalue weighted by Gasteiger charge is -2.21. The molecule has 0 unspecified atom stereocenters. The van der Waals surface area contributed by atoms with E-state index in [1.807, 2.05) is 25.1 Å². The maximum atomic E-state index is 13.1. The summed E-state index contributed by atoms with van der Waals surface area (Å²) in [5.74, 6) is 0.0742. The maximum absolute atomic E-state index is 13.1. The van der Waals surface area contributed by atoms with E-state index in [0.717, 1.165) is 15.6 Å². The molecule has 0 radical (unpaired) electrons. The van der Waals surface area contributed by atoms with E-state index in [1.54, 1.807) is 42.6 Å². The summed E-state index contributed by atoms with van der Waals surface area (Å²) in [6.07, 6.45) is 3.73. The largest absolute Gasteiger partial charge is 0.468 e. The molecule has 29 heavy (non-hydrogen) atoms. The van der Waals surface area contributed by atoms with Crippen molar-refractivity contribution in [3.63, 3.8) is 0 Å². The second-order valence-corrected chi connectivity index (χ2v) is 8.52. The van der Waals surface area contributed by atoms with Gasteiger partial charge in [-0.2, -0.15) is 4.31 Å². The van der Waals surface area contributed by atoms with E-state index in [4.69, 9.17) is 4.42 Å². The second kappa shape index (κ2) is 9.49. The van der Waals surface area contributed by atoms with Crippen LogP contribution in [0.4, 0.5) is 0 Å². The van der Waals surface area contributed by atoms with Gasteiger partial charge in [-0.05, 0) is 43.3 Å². The van der Waals surface area contributed by atoms with E-state index in [2.05, 4.69) is 10.3 Å². The van der Waals surface area contributed by atoms with Crippen LogP contribution in [0.25, 0.3) is 0 Å². The quantitative estimate of drug-likeness (QED) is 0.582. The van der Waals surface area contributed by atoms with E-state index < -0.39 is 10.0 Å². The Morgan fingerprint density at radius 2 is 1.90 bits per heavy atom. The Labute approximate surface area is 170 Å². The average molecular weight is 413 g/mol. The molecule has 0 aliphatic carbocycles. The Morgan fingerprint density at radius 1 is 1.10 bits per heavy atom. The molecule has 0 bridgehead atoms. The minimum absolute atomic E-state index is 0.0309. The number of hydrogen-bond donors (Lipinski definition) is 1. The minimum atomic E-state index is -3.87. The van der Waals surface area contributed by atoms with Crippen molar-refractivity contribution in [3.05, 3.63) is 84.1 Å².